The Morgan fingerprint density at radius 2 is 1.37 bits per heavy atom. The highest BCUT2D eigenvalue weighted by Crippen LogP contribution is 2.39. The summed E-state index contributed by atoms with van der Waals surface area (Å²) in [4.78, 5) is 2.11. The third-order valence-electron chi connectivity index (χ3n) is 5.36. The first kappa shape index (κ1) is 20.3. The van der Waals surface area contributed by atoms with E-state index in [9.17, 15) is 13.2 Å². The van der Waals surface area contributed by atoms with Crippen molar-refractivity contribution in [3.05, 3.63) is 95.6 Å². The third kappa shape index (κ3) is 4.60. The zero-order valence-corrected chi connectivity index (χ0v) is 16.5. The van der Waals surface area contributed by atoms with Crippen molar-refractivity contribution in [3.8, 4) is 0 Å². The predicted octanol–water partition coefficient (Wildman–Crippen LogP) is 5.32. The molecule has 30 heavy (non-hydrogen) atoms. The second-order valence-corrected chi connectivity index (χ2v) is 7.36. The number of hydrogen-bond donors (Lipinski definition) is 2. The number of nitrogens with zero attached hydrogens (tertiary/aromatic N) is 1. The van der Waals surface area contributed by atoms with Gasteiger partial charge in [0.15, 0.2) is 0 Å². The van der Waals surface area contributed by atoms with Gasteiger partial charge < -0.3 is 15.5 Å². The number of nitrogens with one attached hydrogen (secondary N) is 2. The average Bonchev–Trinajstić information content (AvgIpc) is 2.78. The maximum Gasteiger partial charge on any atom is 0.418 e. The highest BCUT2D eigenvalue weighted by atomic mass is 19.4. The lowest BCUT2D eigenvalue weighted by Crippen LogP contribution is -2.43. The third-order valence-corrected chi connectivity index (χ3v) is 5.36. The summed E-state index contributed by atoms with van der Waals surface area (Å²) in [5.74, 6) is 0. The van der Waals surface area contributed by atoms with E-state index in [0.717, 1.165) is 43.0 Å². The van der Waals surface area contributed by atoms with Crippen LogP contribution in [0.5, 0.6) is 0 Å². The predicted molar refractivity (Wildman–Crippen MR) is 115 cm³/mol. The van der Waals surface area contributed by atoms with E-state index < -0.39 is 17.8 Å². The van der Waals surface area contributed by atoms with Gasteiger partial charge in [-0.25, -0.2) is 0 Å². The van der Waals surface area contributed by atoms with Gasteiger partial charge in [-0.2, -0.15) is 13.2 Å². The number of hydrogen-bond acceptors (Lipinski definition) is 3. The van der Waals surface area contributed by atoms with Crippen LogP contribution < -0.4 is 15.5 Å². The first-order valence-corrected chi connectivity index (χ1v) is 10.1. The molecule has 1 heterocycles. The maximum absolute atomic E-state index is 13.8. The minimum atomic E-state index is -4.44. The zero-order valence-electron chi connectivity index (χ0n) is 16.5. The van der Waals surface area contributed by atoms with Crippen molar-refractivity contribution in [3.63, 3.8) is 0 Å². The van der Waals surface area contributed by atoms with E-state index in [-0.39, 0.29) is 5.69 Å². The van der Waals surface area contributed by atoms with Gasteiger partial charge in [0, 0.05) is 37.6 Å². The lowest BCUT2D eigenvalue weighted by molar-refractivity contribution is -0.137. The summed E-state index contributed by atoms with van der Waals surface area (Å²) in [6, 6.07) is 23.1. The monoisotopic (exact) mass is 411 g/mol. The van der Waals surface area contributed by atoms with Crippen molar-refractivity contribution in [2.24, 2.45) is 0 Å². The minimum absolute atomic E-state index is 0.0937. The lowest BCUT2D eigenvalue weighted by atomic mass is 9.97. The average molecular weight is 411 g/mol. The Labute approximate surface area is 174 Å². The molecule has 0 spiro atoms. The Hall–Kier alpha value is -2.99. The van der Waals surface area contributed by atoms with Crippen LogP contribution in [-0.2, 0) is 6.18 Å². The number of benzene rings is 3. The van der Waals surface area contributed by atoms with Gasteiger partial charge in [-0.15, -0.1) is 0 Å². The van der Waals surface area contributed by atoms with E-state index in [2.05, 4.69) is 15.5 Å². The van der Waals surface area contributed by atoms with Crippen molar-refractivity contribution >= 4 is 11.4 Å². The first-order valence-electron chi connectivity index (χ1n) is 10.1. The zero-order chi connectivity index (χ0) is 21.0. The molecule has 3 aromatic carbocycles. The van der Waals surface area contributed by atoms with E-state index in [1.54, 1.807) is 12.1 Å². The molecule has 1 fully saturated rings. The molecule has 0 saturated carbocycles. The second-order valence-electron chi connectivity index (χ2n) is 7.36. The van der Waals surface area contributed by atoms with Gasteiger partial charge in [-0.1, -0.05) is 60.7 Å². The molecule has 0 aromatic heterocycles. The highest BCUT2D eigenvalue weighted by molar-refractivity contribution is 5.65. The molecular weight excluding hydrogens is 387 g/mol. The van der Waals surface area contributed by atoms with E-state index in [1.807, 2.05) is 60.7 Å². The van der Waals surface area contributed by atoms with Gasteiger partial charge in [-0.05, 0) is 29.3 Å². The van der Waals surface area contributed by atoms with Gasteiger partial charge >= 0.3 is 6.18 Å². The number of piperazine rings is 1. The SMILES string of the molecule is FC(F)(F)c1ccc(N2CCNCC2)cc1NC(c1ccccc1)c1ccccc1. The van der Waals surface area contributed by atoms with Crippen LogP contribution in [0.3, 0.4) is 0 Å². The Morgan fingerprint density at radius 3 is 1.90 bits per heavy atom. The van der Waals surface area contributed by atoms with E-state index >= 15 is 0 Å². The van der Waals surface area contributed by atoms with E-state index in [0.29, 0.717) is 0 Å². The fourth-order valence-corrected chi connectivity index (χ4v) is 3.82. The normalized spacial score (nSPS) is 14.7. The minimum Gasteiger partial charge on any atom is -0.374 e. The Balaban J connectivity index is 1.75. The topological polar surface area (TPSA) is 27.3 Å². The molecule has 2 N–H and O–H groups in total. The summed E-state index contributed by atoms with van der Waals surface area (Å²) < 4.78 is 41.4. The fraction of sp³-hybridized carbons (Fsp3) is 0.250. The van der Waals surface area contributed by atoms with Crippen molar-refractivity contribution in [2.45, 2.75) is 12.2 Å². The number of anilines is 2. The molecule has 0 amide bonds. The Morgan fingerprint density at radius 1 is 0.800 bits per heavy atom. The molecule has 6 heteroatoms. The van der Waals surface area contributed by atoms with Crippen LogP contribution in [0.15, 0.2) is 78.9 Å². The van der Waals surface area contributed by atoms with Crippen molar-refractivity contribution in [2.75, 3.05) is 36.4 Å². The number of rotatable bonds is 5. The molecule has 0 bridgehead atoms. The summed E-state index contributed by atoms with van der Waals surface area (Å²) in [6.07, 6.45) is -4.44. The van der Waals surface area contributed by atoms with Gasteiger partial charge in [0.05, 0.1) is 11.6 Å². The second kappa shape index (κ2) is 8.79. The van der Waals surface area contributed by atoms with Crippen LogP contribution in [-0.4, -0.2) is 26.2 Å². The molecule has 0 radical (unpaired) electrons. The van der Waals surface area contributed by atoms with Gasteiger partial charge in [0.25, 0.3) is 0 Å². The molecule has 0 atom stereocenters. The standard InChI is InChI=1S/C24H24F3N3/c25-24(26,27)21-12-11-20(30-15-13-28-14-16-30)17-22(21)29-23(18-7-3-1-4-8-18)19-9-5-2-6-10-19/h1-12,17,23,28-29H,13-16H2. The quantitative estimate of drug-likeness (QED) is 0.595. The van der Waals surface area contributed by atoms with Crippen LogP contribution >= 0.6 is 0 Å². The molecule has 4 rings (SSSR count). The summed E-state index contributed by atoms with van der Waals surface area (Å²) in [6.45, 7) is 3.18. The number of halogens is 3. The molecule has 1 saturated heterocycles. The number of alkyl halides is 3. The summed E-state index contributed by atoms with van der Waals surface area (Å²) in [5.41, 5.74) is 2.05. The molecule has 3 nitrogen and oxygen atoms in total. The first-order chi connectivity index (χ1) is 14.5. The van der Waals surface area contributed by atoms with E-state index in [4.69, 9.17) is 0 Å². The van der Waals surface area contributed by atoms with Crippen molar-refractivity contribution in [1.29, 1.82) is 0 Å². The van der Waals surface area contributed by atoms with E-state index in [1.165, 1.54) is 6.07 Å². The molecule has 0 unspecified atom stereocenters. The summed E-state index contributed by atoms with van der Waals surface area (Å²) in [5, 5.41) is 6.48. The van der Waals surface area contributed by atoms with Crippen LogP contribution in [0.4, 0.5) is 24.5 Å². The van der Waals surface area contributed by atoms with Crippen molar-refractivity contribution in [1.82, 2.24) is 5.32 Å². The van der Waals surface area contributed by atoms with Crippen LogP contribution in [0.2, 0.25) is 0 Å². The van der Waals surface area contributed by atoms with Crippen LogP contribution in [0.1, 0.15) is 22.7 Å². The molecule has 3 aromatic rings. The lowest BCUT2D eigenvalue weighted by Gasteiger charge is -2.31. The molecule has 1 aliphatic rings. The van der Waals surface area contributed by atoms with Gasteiger partial charge in [-0.3, -0.25) is 0 Å². The van der Waals surface area contributed by atoms with Gasteiger partial charge in [0.1, 0.15) is 0 Å². The Bertz CT molecular complexity index is 913. The summed E-state index contributed by atoms with van der Waals surface area (Å²) >= 11 is 0. The smallest absolute Gasteiger partial charge is 0.374 e. The largest absolute Gasteiger partial charge is 0.418 e. The maximum atomic E-state index is 13.8. The van der Waals surface area contributed by atoms with Crippen molar-refractivity contribution < 1.29 is 13.2 Å². The van der Waals surface area contributed by atoms with Crippen LogP contribution in [0.25, 0.3) is 0 Å². The molecule has 0 aliphatic carbocycles. The fourth-order valence-electron chi connectivity index (χ4n) is 3.82. The molecular formula is C24H24F3N3. The Kier molecular flexibility index (Phi) is 5.95. The van der Waals surface area contributed by atoms with Gasteiger partial charge in [0.2, 0.25) is 0 Å². The molecule has 1 aliphatic heterocycles. The van der Waals surface area contributed by atoms with Crippen LogP contribution in [0, 0.1) is 0 Å². The highest BCUT2D eigenvalue weighted by Gasteiger charge is 2.34. The molecule has 156 valence electrons. The summed E-state index contributed by atoms with van der Waals surface area (Å²) in [7, 11) is 0.